The number of ether oxygens (including phenoxy) is 1. The summed E-state index contributed by atoms with van der Waals surface area (Å²) in [7, 11) is 1.64. The molecule has 3 N–H and O–H groups in total. The standard InChI is InChI=1S/C22H31N5O/c1-17-7-6-9-20(18(17)2)27-15-13-26(14-16-27)12-11-24-22(23)25-19-8-4-5-10-21(19)28-3/h4-10H,11-16H2,1-3H3,(H3,23,24,25). The van der Waals surface area contributed by atoms with E-state index in [4.69, 9.17) is 10.5 Å². The number of para-hydroxylation sites is 2. The number of nitrogens with two attached hydrogens (primary N) is 1. The van der Waals surface area contributed by atoms with Crippen molar-refractivity contribution in [2.45, 2.75) is 13.8 Å². The Labute approximate surface area is 168 Å². The molecule has 2 aromatic rings. The normalized spacial score (nSPS) is 15.5. The SMILES string of the molecule is COc1ccccc1NC(N)=NCCN1CCN(c2cccc(C)c2C)CC1. The number of piperazine rings is 1. The molecular weight excluding hydrogens is 350 g/mol. The van der Waals surface area contributed by atoms with E-state index in [9.17, 15) is 0 Å². The quantitative estimate of drug-likeness (QED) is 0.595. The number of hydrogen-bond donors (Lipinski definition) is 2. The maximum absolute atomic E-state index is 6.03. The molecule has 1 heterocycles. The average Bonchev–Trinajstić information content (AvgIpc) is 2.71. The van der Waals surface area contributed by atoms with Gasteiger partial charge in [0.1, 0.15) is 5.75 Å². The molecule has 150 valence electrons. The van der Waals surface area contributed by atoms with E-state index in [1.807, 2.05) is 24.3 Å². The highest BCUT2D eigenvalue weighted by molar-refractivity contribution is 5.93. The van der Waals surface area contributed by atoms with Gasteiger partial charge in [0.2, 0.25) is 0 Å². The maximum Gasteiger partial charge on any atom is 0.193 e. The van der Waals surface area contributed by atoms with E-state index in [-0.39, 0.29) is 0 Å². The third-order valence-corrected chi connectivity index (χ3v) is 5.36. The third-order valence-electron chi connectivity index (χ3n) is 5.36. The van der Waals surface area contributed by atoms with Crippen molar-refractivity contribution in [3.8, 4) is 5.75 Å². The van der Waals surface area contributed by atoms with Crippen molar-refractivity contribution in [3.05, 3.63) is 53.6 Å². The summed E-state index contributed by atoms with van der Waals surface area (Å²) in [6.07, 6.45) is 0. The minimum Gasteiger partial charge on any atom is -0.495 e. The lowest BCUT2D eigenvalue weighted by molar-refractivity contribution is 0.265. The van der Waals surface area contributed by atoms with Gasteiger partial charge in [-0.05, 0) is 43.2 Å². The minimum atomic E-state index is 0.415. The third kappa shape index (κ3) is 4.95. The first-order valence-electron chi connectivity index (χ1n) is 9.82. The molecule has 1 aliphatic rings. The molecule has 0 bridgehead atoms. The molecule has 1 aliphatic heterocycles. The number of anilines is 2. The minimum absolute atomic E-state index is 0.415. The van der Waals surface area contributed by atoms with Gasteiger partial charge in [0.05, 0.1) is 19.3 Å². The second kappa shape index (κ2) is 9.46. The fraction of sp³-hybridized carbons (Fsp3) is 0.409. The van der Waals surface area contributed by atoms with Crippen molar-refractivity contribution in [2.75, 3.05) is 56.6 Å². The maximum atomic E-state index is 6.03. The van der Waals surface area contributed by atoms with Crippen LogP contribution in [0.1, 0.15) is 11.1 Å². The van der Waals surface area contributed by atoms with Crippen LogP contribution >= 0.6 is 0 Å². The number of nitrogens with one attached hydrogen (secondary N) is 1. The predicted octanol–water partition coefficient (Wildman–Crippen LogP) is 2.86. The Balaban J connectivity index is 1.46. The molecule has 6 heteroatoms. The Morgan fingerprint density at radius 2 is 1.82 bits per heavy atom. The Hall–Kier alpha value is -2.73. The van der Waals surface area contributed by atoms with Gasteiger partial charge >= 0.3 is 0 Å². The first-order valence-corrected chi connectivity index (χ1v) is 9.82. The molecule has 0 amide bonds. The molecule has 1 saturated heterocycles. The molecule has 0 aliphatic carbocycles. The number of nitrogens with zero attached hydrogens (tertiary/aromatic N) is 3. The second-order valence-electron chi connectivity index (χ2n) is 7.14. The summed E-state index contributed by atoms with van der Waals surface area (Å²) >= 11 is 0. The highest BCUT2D eigenvalue weighted by atomic mass is 16.5. The van der Waals surface area contributed by atoms with Crippen molar-refractivity contribution in [3.63, 3.8) is 0 Å². The highest BCUT2D eigenvalue weighted by Crippen LogP contribution is 2.24. The first kappa shape index (κ1) is 20.0. The monoisotopic (exact) mass is 381 g/mol. The van der Waals surface area contributed by atoms with E-state index in [0.29, 0.717) is 12.5 Å². The van der Waals surface area contributed by atoms with Gasteiger partial charge in [-0.25, -0.2) is 0 Å². The van der Waals surface area contributed by atoms with Gasteiger partial charge in [-0.3, -0.25) is 9.89 Å². The molecule has 0 saturated carbocycles. The van der Waals surface area contributed by atoms with Crippen molar-refractivity contribution >= 4 is 17.3 Å². The van der Waals surface area contributed by atoms with Crippen LogP contribution in [0.4, 0.5) is 11.4 Å². The Morgan fingerprint density at radius 3 is 2.57 bits per heavy atom. The number of guanidine groups is 1. The number of benzene rings is 2. The highest BCUT2D eigenvalue weighted by Gasteiger charge is 2.18. The molecule has 0 atom stereocenters. The van der Waals surface area contributed by atoms with Gasteiger partial charge in [0.25, 0.3) is 0 Å². The van der Waals surface area contributed by atoms with Crippen molar-refractivity contribution in [1.82, 2.24) is 4.90 Å². The van der Waals surface area contributed by atoms with Crippen LogP contribution in [0.2, 0.25) is 0 Å². The zero-order valence-electron chi connectivity index (χ0n) is 17.1. The number of rotatable bonds is 6. The van der Waals surface area contributed by atoms with E-state index < -0.39 is 0 Å². The fourth-order valence-corrected chi connectivity index (χ4v) is 3.53. The molecule has 28 heavy (non-hydrogen) atoms. The molecule has 0 spiro atoms. The number of hydrogen-bond acceptors (Lipinski definition) is 4. The summed E-state index contributed by atoms with van der Waals surface area (Å²) in [6.45, 7) is 10.2. The summed E-state index contributed by atoms with van der Waals surface area (Å²) in [5.74, 6) is 1.17. The molecule has 6 nitrogen and oxygen atoms in total. The zero-order chi connectivity index (χ0) is 19.9. The lowest BCUT2D eigenvalue weighted by Crippen LogP contribution is -2.47. The molecular formula is C22H31N5O. The van der Waals surface area contributed by atoms with Gasteiger partial charge in [-0.1, -0.05) is 24.3 Å². The van der Waals surface area contributed by atoms with Crippen LogP contribution in [0.25, 0.3) is 0 Å². The summed E-state index contributed by atoms with van der Waals surface area (Å²) in [5, 5.41) is 3.12. The van der Waals surface area contributed by atoms with Crippen molar-refractivity contribution in [2.24, 2.45) is 10.7 Å². The van der Waals surface area contributed by atoms with Crippen LogP contribution in [0.5, 0.6) is 5.75 Å². The Bertz CT molecular complexity index is 812. The second-order valence-corrected chi connectivity index (χ2v) is 7.14. The van der Waals surface area contributed by atoms with Gasteiger partial charge < -0.3 is 20.7 Å². The molecule has 1 fully saturated rings. The number of aliphatic imine (C=N–C) groups is 1. The Kier molecular flexibility index (Phi) is 6.76. The molecule has 0 aromatic heterocycles. The van der Waals surface area contributed by atoms with Crippen LogP contribution in [0.15, 0.2) is 47.5 Å². The van der Waals surface area contributed by atoms with Gasteiger partial charge in [-0.2, -0.15) is 0 Å². The van der Waals surface area contributed by atoms with E-state index >= 15 is 0 Å². The fourth-order valence-electron chi connectivity index (χ4n) is 3.53. The van der Waals surface area contributed by atoms with Crippen LogP contribution in [0, 0.1) is 13.8 Å². The number of methoxy groups -OCH3 is 1. The van der Waals surface area contributed by atoms with E-state index in [2.05, 4.69) is 52.2 Å². The van der Waals surface area contributed by atoms with Crippen LogP contribution in [-0.2, 0) is 0 Å². The predicted molar refractivity (Wildman–Crippen MR) is 118 cm³/mol. The molecule has 3 rings (SSSR count). The van der Waals surface area contributed by atoms with E-state index in [0.717, 1.165) is 44.2 Å². The van der Waals surface area contributed by atoms with Crippen molar-refractivity contribution in [1.29, 1.82) is 0 Å². The summed E-state index contributed by atoms with van der Waals surface area (Å²) < 4.78 is 5.32. The number of aryl methyl sites for hydroxylation is 1. The molecule has 2 aromatic carbocycles. The van der Waals surface area contributed by atoms with Gasteiger partial charge in [0, 0.05) is 38.4 Å². The largest absolute Gasteiger partial charge is 0.495 e. The zero-order valence-corrected chi connectivity index (χ0v) is 17.1. The Morgan fingerprint density at radius 1 is 1.07 bits per heavy atom. The lowest BCUT2D eigenvalue weighted by Gasteiger charge is -2.36. The van der Waals surface area contributed by atoms with Gasteiger partial charge in [-0.15, -0.1) is 0 Å². The van der Waals surface area contributed by atoms with Gasteiger partial charge in [0.15, 0.2) is 5.96 Å². The summed E-state index contributed by atoms with van der Waals surface area (Å²) in [5.41, 5.74) is 11.0. The smallest absolute Gasteiger partial charge is 0.193 e. The van der Waals surface area contributed by atoms with E-state index in [1.165, 1.54) is 16.8 Å². The summed E-state index contributed by atoms with van der Waals surface area (Å²) in [4.78, 5) is 9.40. The average molecular weight is 382 g/mol. The molecule has 0 radical (unpaired) electrons. The van der Waals surface area contributed by atoms with Crippen LogP contribution < -0.4 is 20.7 Å². The lowest BCUT2D eigenvalue weighted by atomic mass is 10.1. The molecule has 0 unspecified atom stereocenters. The van der Waals surface area contributed by atoms with E-state index in [1.54, 1.807) is 7.11 Å². The first-order chi connectivity index (χ1) is 13.6. The van der Waals surface area contributed by atoms with Crippen molar-refractivity contribution < 1.29 is 4.74 Å². The topological polar surface area (TPSA) is 66.1 Å². The summed E-state index contributed by atoms with van der Waals surface area (Å²) in [6, 6.07) is 14.2. The van der Waals surface area contributed by atoms with Crippen LogP contribution in [0.3, 0.4) is 0 Å². The van der Waals surface area contributed by atoms with Crippen LogP contribution in [-0.4, -0.2) is 57.2 Å².